The van der Waals surface area contributed by atoms with E-state index in [4.69, 9.17) is 5.21 Å². The summed E-state index contributed by atoms with van der Waals surface area (Å²) in [5, 5.41) is 8.71. The van der Waals surface area contributed by atoms with Gasteiger partial charge in [-0.15, -0.1) is 0 Å². The number of sulfonamides is 1. The predicted octanol–water partition coefficient (Wildman–Crippen LogP) is 0.640. The van der Waals surface area contributed by atoms with Crippen molar-refractivity contribution in [2.75, 3.05) is 31.1 Å². The largest absolute Gasteiger partial charge is 0.354 e. The van der Waals surface area contributed by atoms with E-state index in [1.165, 1.54) is 15.9 Å². The summed E-state index contributed by atoms with van der Waals surface area (Å²) in [6, 6.07) is 12.0. The fourth-order valence-electron chi connectivity index (χ4n) is 2.95. The minimum Gasteiger partial charge on any atom is -0.354 e. The molecule has 0 saturated carbocycles. The van der Waals surface area contributed by atoms with Gasteiger partial charge in [0.15, 0.2) is 0 Å². The lowest BCUT2D eigenvalue weighted by molar-refractivity contribution is -0.128. The number of nitrogens with zero attached hydrogens (tertiary/aromatic N) is 3. The number of hydrogen-bond donors (Lipinski definition) is 2. The molecule has 2 N–H and O–H groups in total. The van der Waals surface area contributed by atoms with Crippen LogP contribution in [0.1, 0.15) is 5.56 Å². The maximum absolute atomic E-state index is 13.0. The van der Waals surface area contributed by atoms with Gasteiger partial charge in [0.1, 0.15) is 5.82 Å². The van der Waals surface area contributed by atoms with Gasteiger partial charge in [0, 0.05) is 32.4 Å². The Morgan fingerprint density at radius 3 is 2.42 bits per heavy atom. The smallest absolute Gasteiger partial charge is 0.247 e. The van der Waals surface area contributed by atoms with E-state index < -0.39 is 15.9 Å². The molecular formula is C17H20N4O4S. The van der Waals surface area contributed by atoms with Gasteiger partial charge in [-0.3, -0.25) is 10.0 Å². The second kappa shape index (κ2) is 7.81. The molecule has 138 valence electrons. The highest BCUT2D eigenvalue weighted by atomic mass is 32.2. The topological polar surface area (TPSA) is 103 Å². The first-order valence-corrected chi connectivity index (χ1v) is 9.63. The predicted molar refractivity (Wildman–Crippen MR) is 95.3 cm³/mol. The highest BCUT2D eigenvalue weighted by Gasteiger charge is 2.30. The molecule has 1 aliphatic rings. The molecule has 3 rings (SSSR count). The van der Waals surface area contributed by atoms with E-state index in [1.54, 1.807) is 24.4 Å². The molecule has 0 bridgehead atoms. The molecule has 0 unspecified atom stereocenters. The SMILES string of the molecule is O=C(Cc1ccccc1S(=O)(=O)N1CCN(c2ccccn2)CC1)NO. The molecular weight excluding hydrogens is 356 g/mol. The molecule has 2 heterocycles. The molecule has 1 amide bonds. The average molecular weight is 376 g/mol. The van der Waals surface area contributed by atoms with Gasteiger partial charge in [0.05, 0.1) is 11.3 Å². The van der Waals surface area contributed by atoms with Gasteiger partial charge in [0.2, 0.25) is 15.9 Å². The van der Waals surface area contributed by atoms with Crippen molar-refractivity contribution in [1.29, 1.82) is 0 Å². The highest BCUT2D eigenvalue weighted by Crippen LogP contribution is 2.23. The summed E-state index contributed by atoms with van der Waals surface area (Å²) in [7, 11) is -3.73. The number of rotatable bonds is 5. The summed E-state index contributed by atoms with van der Waals surface area (Å²) in [4.78, 5) is 17.9. The number of aromatic nitrogens is 1. The van der Waals surface area contributed by atoms with Crippen molar-refractivity contribution >= 4 is 21.7 Å². The van der Waals surface area contributed by atoms with Crippen molar-refractivity contribution in [3.05, 3.63) is 54.2 Å². The normalized spacial score (nSPS) is 15.7. The lowest BCUT2D eigenvalue weighted by Gasteiger charge is -2.34. The Morgan fingerprint density at radius 1 is 1.08 bits per heavy atom. The van der Waals surface area contributed by atoms with Crippen LogP contribution in [0.15, 0.2) is 53.6 Å². The van der Waals surface area contributed by atoms with Gasteiger partial charge in [-0.25, -0.2) is 18.9 Å². The fourth-order valence-corrected chi connectivity index (χ4v) is 4.60. The maximum Gasteiger partial charge on any atom is 0.247 e. The minimum atomic E-state index is -3.73. The third kappa shape index (κ3) is 3.85. The Kier molecular flexibility index (Phi) is 5.50. The Labute approximate surface area is 152 Å². The quantitative estimate of drug-likeness (QED) is 0.586. The summed E-state index contributed by atoms with van der Waals surface area (Å²) in [6.07, 6.45) is 1.50. The van der Waals surface area contributed by atoms with Gasteiger partial charge >= 0.3 is 0 Å². The molecule has 1 aromatic carbocycles. The van der Waals surface area contributed by atoms with Crippen LogP contribution >= 0.6 is 0 Å². The third-order valence-electron chi connectivity index (χ3n) is 4.28. The Morgan fingerprint density at radius 2 is 1.77 bits per heavy atom. The van der Waals surface area contributed by atoms with E-state index in [0.29, 0.717) is 31.7 Å². The summed E-state index contributed by atoms with van der Waals surface area (Å²) in [6.45, 7) is 1.74. The van der Waals surface area contributed by atoms with Gasteiger partial charge in [-0.1, -0.05) is 24.3 Å². The summed E-state index contributed by atoms with van der Waals surface area (Å²) >= 11 is 0. The van der Waals surface area contributed by atoms with Crippen LogP contribution in [0.3, 0.4) is 0 Å². The van der Waals surface area contributed by atoms with E-state index in [2.05, 4.69) is 4.98 Å². The zero-order valence-electron chi connectivity index (χ0n) is 14.1. The monoisotopic (exact) mass is 376 g/mol. The number of anilines is 1. The molecule has 0 atom stereocenters. The lowest BCUT2D eigenvalue weighted by Crippen LogP contribution is -2.49. The van der Waals surface area contributed by atoms with E-state index in [0.717, 1.165) is 5.82 Å². The standard InChI is InChI=1S/C17H20N4O4S/c22-17(19-23)13-14-5-1-2-6-15(14)26(24,25)21-11-9-20(10-12-21)16-7-3-4-8-18-16/h1-8,23H,9-13H2,(H,19,22). The maximum atomic E-state index is 13.0. The van der Waals surface area contributed by atoms with Crippen molar-refractivity contribution in [2.24, 2.45) is 0 Å². The molecule has 1 aliphatic heterocycles. The molecule has 1 aromatic heterocycles. The number of nitrogens with one attached hydrogen (secondary N) is 1. The number of carbonyl (C=O) groups is 1. The molecule has 9 heteroatoms. The number of amides is 1. The molecule has 8 nitrogen and oxygen atoms in total. The summed E-state index contributed by atoms with van der Waals surface area (Å²) < 4.78 is 27.5. The average Bonchev–Trinajstić information content (AvgIpc) is 2.69. The number of hydroxylamine groups is 1. The van der Waals surface area contributed by atoms with Gasteiger partial charge in [0.25, 0.3) is 0 Å². The van der Waals surface area contributed by atoms with Crippen LogP contribution in [-0.2, 0) is 21.2 Å². The van der Waals surface area contributed by atoms with Crippen molar-refractivity contribution in [2.45, 2.75) is 11.3 Å². The zero-order valence-corrected chi connectivity index (χ0v) is 14.9. The second-order valence-corrected chi connectivity index (χ2v) is 7.80. The Balaban J connectivity index is 1.77. The zero-order chi connectivity index (χ0) is 18.6. The second-order valence-electron chi connectivity index (χ2n) is 5.90. The fraction of sp³-hybridized carbons (Fsp3) is 0.294. The number of carbonyl (C=O) groups excluding carboxylic acids is 1. The summed E-state index contributed by atoms with van der Waals surface area (Å²) in [5.41, 5.74) is 1.89. The van der Waals surface area contributed by atoms with Crippen LogP contribution in [0.4, 0.5) is 5.82 Å². The van der Waals surface area contributed by atoms with Crippen LogP contribution in [0.2, 0.25) is 0 Å². The molecule has 0 radical (unpaired) electrons. The molecule has 1 fully saturated rings. The molecule has 1 saturated heterocycles. The Bertz CT molecular complexity index is 865. The van der Waals surface area contributed by atoms with Gasteiger partial charge in [-0.05, 0) is 23.8 Å². The van der Waals surface area contributed by atoms with E-state index in [-0.39, 0.29) is 11.3 Å². The van der Waals surface area contributed by atoms with E-state index in [1.807, 2.05) is 23.1 Å². The number of piperazine rings is 1. The summed E-state index contributed by atoms with van der Waals surface area (Å²) in [5.74, 6) is 0.164. The van der Waals surface area contributed by atoms with E-state index in [9.17, 15) is 13.2 Å². The van der Waals surface area contributed by atoms with Crippen LogP contribution in [0.5, 0.6) is 0 Å². The van der Waals surface area contributed by atoms with Crippen LogP contribution in [0, 0.1) is 0 Å². The number of hydrogen-bond acceptors (Lipinski definition) is 6. The van der Waals surface area contributed by atoms with Gasteiger partial charge < -0.3 is 4.90 Å². The Hall–Kier alpha value is -2.49. The minimum absolute atomic E-state index is 0.0925. The van der Waals surface area contributed by atoms with E-state index >= 15 is 0 Å². The molecule has 0 spiro atoms. The van der Waals surface area contributed by atoms with Crippen molar-refractivity contribution in [3.8, 4) is 0 Å². The first-order chi connectivity index (χ1) is 12.5. The van der Waals surface area contributed by atoms with Crippen LogP contribution in [-0.4, -0.2) is 55.0 Å². The first kappa shape index (κ1) is 18.3. The molecule has 0 aliphatic carbocycles. The number of benzene rings is 1. The van der Waals surface area contributed by atoms with Crippen molar-refractivity contribution in [1.82, 2.24) is 14.8 Å². The first-order valence-electron chi connectivity index (χ1n) is 8.19. The van der Waals surface area contributed by atoms with Crippen molar-refractivity contribution < 1.29 is 18.4 Å². The third-order valence-corrected chi connectivity index (χ3v) is 6.28. The van der Waals surface area contributed by atoms with Crippen molar-refractivity contribution in [3.63, 3.8) is 0 Å². The highest BCUT2D eigenvalue weighted by molar-refractivity contribution is 7.89. The molecule has 26 heavy (non-hydrogen) atoms. The van der Waals surface area contributed by atoms with Crippen LogP contribution in [0.25, 0.3) is 0 Å². The number of pyridine rings is 1. The van der Waals surface area contributed by atoms with Crippen LogP contribution < -0.4 is 10.4 Å². The van der Waals surface area contributed by atoms with Gasteiger partial charge in [-0.2, -0.15) is 4.31 Å². The lowest BCUT2D eigenvalue weighted by atomic mass is 10.1. The molecule has 2 aromatic rings.